The largest absolute Gasteiger partial charge is 0.467 e. The quantitative estimate of drug-likeness (QED) is 0.399. The van der Waals surface area contributed by atoms with E-state index in [4.69, 9.17) is 9.15 Å². The van der Waals surface area contributed by atoms with Crippen LogP contribution in [0.3, 0.4) is 0 Å². The number of nitrogens with one attached hydrogen (secondary N) is 1. The molecule has 1 fully saturated rings. The van der Waals surface area contributed by atoms with Crippen LogP contribution in [-0.2, 0) is 22.6 Å². The number of hydrogen-bond acceptors (Lipinski definition) is 5. The third-order valence-electron chi connectivity index (χ3n) is 6.87. The van der Waals surface area contributed by atoms with Gasteiger partial charge in [-0.3, -0.25) is 9.69 Å². The first-order valence-corrected chi connectivity index (χ1v) is 13.3. The summed E-state index contributed by atoms with van der Waals surface area (Å²) >= 11 is 0. The average molecular weight is 519 g/mol. The third-order valence-corrected chi connectivity index (χ3v) is 6.87. The maximum absolute atomic E-state index is 13.6. The molecule has 8 heteroatoms. The van der Waals surface area contributed by atoms with Gasteiger partial charge in [-0.25, -0.2) is 4.79 Å². The highest BCUT2D eigenvalue weighted by Crippen LogP contribution is 2.16. The molecule has 1 N–H and O–H groups in total. The number of ether oxygens (including phenoxy) is 1. The lowest BCUT2D eigenvalue weighted by Gasteiger charge is -2.30. The fraction of sp³-hybridized carbons (Fsp3) is 0.400. The van der Waals surface area contributed by atoms with Gasteiger partial charge in [-0.05, 0) is 61.2 Å². The van der Waals surface area contributed by atoms with Gasteiger partial charge in [-0.15, -0.1) is 0 Å². The molecule has 1 aliphatic rings. The average Bonchev–Trinajstić information content (AvgIpc) is 3.44. The van der Waals surface area contributed by atoms with E-state index in [9.17, 15) is 9.59 Å². The minimum Gasteiger partial charge on any atom is -0.467 e. The fourth-order valence-corrected chi connectivity index (χ4v) is 4.47. The highest BCUT2D eigenvalue weighted by Gasteiger charge is 2.23. The molecule has 3 amide bonds. The first-order chi connectivity index (χ1) is 18.5. The van der Waals surface area contributed by atoms with Crippen LogP contribution in [-0.4, -0.2) is 72.6 Å². The zero-order valence-electron chi connectivity index (χ0n) is 22.4. The van der Waals surface area contributed by atoms with Crippen LogP contribution in [0.25, 0.3) is 0 Å². The van der Waals surface area contributed by atoms with Gasteiger partial charge in [0.2, 0.25) is 5.91 Å². The van der Waals surface area contributed by atoms with E-state index >= 15 is 0 Å². The number of furan rings is 1. The van der Waals surface area contributed by atoms with Crippen LogP contribution in [0, 0.1) is 13.8 Å². The number of hydrogen-bond donors (Lipinski definition) is 1. The first-order valence-electron chi connectivity index (χ1n) is 13.3. The summed E-state index contributed by atoms with van der Waals surface area (Å²) in [6.45, 7) is 9.37. The van der Waals surface area contributed by atoms with E-state index in [1.807, 2.05) is 74.5 Å². The molecule has 0 spiro atoms. The van der Waals surface area contributed by atoms with Crippen molar-refractivity contribution >= 4 is 17.6 Å². The number of urea groups is 1. The van der Waals surface area contributed by atoms with E-state index in [2.05, 4.69) is 10.2 Å². The lowest BCUT2D eigenvalue weighted by molar-refractivity contribution is -0.133. The minimum absolute atomic E-state index is 0.0205. The summed E-state index contributed by atoms with van der Waals surface area (Å²) in [5.41, 5.74) is 4.01. The number of aryl methyl sites for hydroxylation is 2. The molecule has 2 aromatic carbocycles. The van der Waals surface area contributed by atoms with Gasteiger partial charge in [0.15, 0.2) is 0 Å². The van der Waals surface area contributed by atoms with Crippen LogP contribution in [0.5, 0.6) is 0 Å². The second-order valence-corrected chi connectivity index (χ2v) is 9.77. The molecule has 2 heterocycles. The summed E-state index contributed by atoms with van der Waals surface area (Å²) in [7, 11) is 0. The summed E-state index contributed by atoms with van der Waals surface area (Å²) in [5, 5.41) is 3.00. The second-order valence-electron chi connectivity index (χ2n) is 9.77. The van der Waals surface area contributed by atoms with Gasteiger partial charge in [0.05, 0.1) is 26.0 Å². The number of morpholine rings is 1. The van der Waals surface area contributed by atoms with Crippen molar-refractivity contribution in [1.29, 1.82) is 0 Å². The Kier molecular flexibility index (Phi) is 9.95. The van der Waals surface area contributed by atoms with Crippen LogP contribution in [0.2, 0.25) is 0 Å². The van der Waals surface area contributed by atoms with Gasteiger partial charge in [-0.1, -0.05) is 36.4 Å². The highest BCUT2D eigenvalue weighted by molar-refractivity contribution is 5.92. The molecular formula is C30H38N4O4. The smallest absolute Gasteiger partial charge is 0.322 e. The van der Waals surface area contributed by atoms with Crippen LogP contribution < -0.4 is 5.32 Å². The summed E-state index contributed by atoms with van der Waals surface area (Å²) in [5.74, 6) is 0.569. The number of amides is 3. The van der Waals surface area contributed by atoms with Crippen molar-refractivity contribution in [2.75, 3.05) is 51.3 Å². The molecule has 1 aliphatic heterocycles. The maximum Gasteiger partial charge on any atom is 0.322 e. The van der Waals surface area contributed by atoms with Gasteiger partial charge in [-0.2, -0.15) is 0 Å². The van der Waals surface area contributed by atoms with Crippen molar-refractivity contribution in [3.05, 3.63) is 89.4 Å². The zero-order valence-corrected chi connectivity index (χ0v) is 22.4. The SMILES string of the molecule is Cc1ccc(NC(=O)N(CCCN2CCOCC2)CC(=O)N(Cc2ccccc2)Cc2ccco2)cc1C. The number of nitrogens with zero attached hydrogens (tertiary/aromatic N) is 3. The Morgan fingerprint density at radius 3 is 2.42 bits per heavy atom. The predicted octanol–water partition coefficient (Wildman–Crippen LogP) is 4.68. The van der Waals surface area contributed by atoms with E-state index in [1.165, 1.54) is 0 Å². The van der Waals surface area contributed by atoms with Crippen LogP contribution in [0.15, 0.2) is 71.3 Å². The number of carbonyl (C=O) groups is 2. The monoisotopic (exact) mass is 518 g/mol. The second kappa shape index (κ2) is 13.8. The van der Waals surface area contributed by atoms with Crippen molar-refractivity contribution in [2.45, 2.75) is 33.4 Å². The van der Waals surface area contributed by atoms with Gasteiger partial charge >= 0.3 is 6.03 Å². The van der Waals surface area contributed by atoms with E-state index in [-0.39, 0.29) is 18.5 Å². The van der Waals surface area contributed by atoms with Gasteiger partial charge in [0.25, 0.3) is 0 Å². The molecule has 0 atom stereocenters. The highest BCUT2D eigenvalue weighted by atomic mass is 16.5. The number of carbonyl (C=O) groups excluding carboxylic acids is 2. The van der Waals surface area contributed by atoms with Gasteiger partial charge < -0.3 is 24.3 Å². The third kappa shape index (κ3) is 8.19. The topological polar surface area (TPSA) is 78.3 Å². The number of benzene rings is 2. The molecule has 0 radical (unpaired) electrons. The molecule has 1 saturated heterocycles. The number of anilines is 1. The van der Waals surface area contributed by atoms with Crippen LogP contribution in [0.4, 0.5) is 10.5 Å². The van der Waals surface area contributed by atoms with E-state index in [0.29, 0.717) is 25.4 Å². The van der Waals surface area contributed by atoms with E-state index in [1.54, 1.807) is 16.1 Å². The molecule has 0 bridgehead atoms. The molecule has 4 rings (SSSR count). The summed E-state index contributed by atoms with van der Waals surface area (Å²) in [6.07, 6.45) is 2.37. The Labute approximate surface area is 225 Å². The maximum atomic E-state index is 13.6. The van der Waals surface area contributed by atoms with Crippen molar-refractivity contribution in [1.82, 2.24) is 14.7 Å². The molecule has 0 unspecified atom stereocenters. The Morgan fingerprint density at radius 1 is 0.921 bits per heavy atom. The zero-order chi connectivity index (χ0) is 26.7. The number of rotatable bonds is 11. The Balaban J connectivity index is 1.46. The molecule has 8 nitrogen and oxygen atoms in total. The van der Waals surface area contributed by atoms with Crippen molar-refractivity contribution < 1.29 is 18.7 Å². The Morgan fingerprint density at radius 2 is 1.71 bits per heavy atom. The minimum atomic E-state index is -0.277. The summed E-state index contributed by atoms with van der Waals surface area (Å²) in [4.78, 5) is 32.8. The lowest BCUT2D eigenvalue weighted by atomic mass is 10.1. The van der Waals surface area contributed by atoms with Crippen LogP contribution >= 0.6 is 0 Å². The van der Waals surface area contributed by atoms with Crippen molar-refractivity contribution in [3.8, 4) is 0 Å². The van der Waals surface area contributed by atoms with E-state index in [0.717, 1.165) is 61.6 Å². The van der Waals surface area contributed by atoms with Crippen LogP contribution in [0.1, 0.15) is 28.9 Å². The lowest BCUT2D eigenvalue weighted by Crippen LogP contribution is -2.45. The summed E-state index contributed by atoms with van der Waals surface area (Å²) < 4.78 is 11.0. The van der Waals surface area contributed by atoms with Gasteiger partial charge in [0, 0.05) is 38.4 Å². The molecule has 0 saturated carbocycles. The molecular weight excluding hydrogens is 480 g/mol. The van der Waals surface area contributed by atoms with E-state index < -0.39 is 0 Å². The normalized spacial score (nSPS) is 13.7. The molecule has 0 aliphatic carbocycles. The summed E-state index contributed by atoms with van der Waals surface area (Å²) in [6, 6.07) is 19.1. The Bertz CT molecular complexity index is 1160. The standard InChI is InChI=1S/C30H38N4O4/c1-24-11-12-27(20-25(24)2)31-30(36)33(14-7-13-32-15-18-37-19-16-32)23-29(35)34(22-28-10-6-17-38-28)21-26-8-4-3-5-9-26/h3-6,8-12,17,20H,7,13-16,18-19,21-23H2,1-2H3,(H,31,36). The fourth-order valence-electron chi connectivity index (χ4n) is 4.47. The van der Waals surface area contributed by atoms with Gasteiger partial charge in [0.1, 0.15) is 12.3 Å². The molecule has 202 valence electrons. The predicted molar refractivity (Wildman–Crippen MR) is 148 cm³/mol. The van der Waals surface area contributed by atoms with Crippen molar-refractivity contribution in [2.24, 2.45) is 0 Å². The molecule has 38 heavy (non-hydrogen) atoms. The van der Waals surface area contributed by atoms with Crippen molar-refractivity contribution in [3.63, 3.8) is 0 Å². The Hall–Kier alpha value is -3.62. The first kappa shape index (κ1) is 27.4. The molecule has 3 aromatic rings. The molecule has 1 aromatic heterocycles.